The number of nitrogens with zero attached hydrogens (tertiary/aromatic N) is 1. The molecule has 1 spiro atoms. The zero-order valence-electron chi connectivity index (χ0n) is 14.3. The SMILES string of the molecule is C=C(C)COc1cccc(NC(=O)N2CCOC3(CCCC3)C2)c1. The van der Waals surface area contributed by atoms with Crippen LogP contribution in [0.25, 0.3) is 0 Å². The van der Waals surface area contributed by atoms with E-state index in [9.17, 15) is 4.79 Å². The molecule has 130 valence electrons. The van der Waals surface area contributed by atoms with E-state index in [1.807, 2.05) is 36.1 Å². The summed E-state index contributed by atoms with van der Waals surface area (Å²) in [6.07, 6.45) is 4.50. The molecule has 2 amide bonds. The summed E-state index contributed by atoms with van der Waals surface area (Å²) in [5.41, 5.74) is 1.59. The minimum Gasteiger partial charge on any atom is -0.489 e. The Morgan fingerprint density at radius 1 is 1.42 bits per heavy atom. The van der Waals surface area contributed by atoms with Crippen molar-refractivity contribution >= 4 is 11.7 Å². The highest BCUT2D eigenvalue weighted by Crippen LogP contribution is 2.36. The fourth-order valence-corrected chi connectivity index (χ4v) is 3.41. The highest BCUT2D eigenvalue weighted by atomic mass is 16.5. The largest absolute Gasteiger partial charge is 0.489 e. The Kier molecular flexibility index (Phi) is 5.09. The summed E-state index contributed by atoms with van der Waals surface area (Å²) in [4.78, 5) is 14.5. The van der Waals surface area contributed by atoms with Gasteiger partial charge < -0.3 is 19.7 Å². The average Bonchev–Trinajstić information content (AvgIpc) is 3.01. The van der Waals surface area contributed by atoms with Gasteiger partial charge in [-0.3, -0.25) is 0 Å². The third-order valence-electron chi connectivity index (χ3n) is 4.62. The summed E-state index contributed by atoms with van der Waals surface area (Å²) in [5.74, 6) is 0.727. The molecule has 2 aliphatic rings. The fourth-order valence-electron chi connectivity index (χ4n) is 3.41. The highest BCUT2D eigenvalue weighted by molar-refractivity contribution is 5.89. The van der Waals surface area contributed by atoms with E-state index in [-0.39, 0.29) is 11.6 Å². The van der Waals surface area contributed by atoms with Gasteiger partial charge in [0.25, 0.3) is 0 Å². The zero-order chi connectivity index (χ0) is 17.0. The molecule has 1 aromatic rings. The number of benzene rings is 1. The lowest BCUT2D eigenvalue weighted by atomic mass is 10.00. The first-order chi connectivity index (χ1) is 11.6. The minimum atomic E-state index is -0.109. The van der Waals surface area contributed by atoms with E-state index in [4.69, 9.17) is 9.47 Å². The van der Waals surface area contributed by atoms with Crippen molar-refractivity contribution < 1.29 is 14.3 Å². The Balaban J connectivity index is 1.60. The third-order valence-corrected chi connectivity index (χ3v) is 4.62. The van der Waals surface area contributed by atoms with Crippen LogP contribution in [0.5, 0.6) is 5.75 Å². The van der Waals surface area contributed by atoms with Crippen LogP contribution in [0.15, 0.2) is 36.4 Å². The van der Waals surface area contributed by atoms with Gasteiger partial charge in [0.1, 0.15) is 12.4 Å². The Hall–Kier alpha value is -2.01. The Bertz CT molecular complexity index is 608. The number of hydrogen-bond acceptors (Lipinski definition) is 3. The van der Waals surface area contributed by atoms with Crippen LogP contribution in [0.1, 0.15) is 32.6 Å². The number of morpholine rings is 1. The second kappa shape index (κ2) is 7.26. The Morgan fingerprint density at radius 3 is 2.96 bits per heavy atom. The summed E-state index contributed by atoms with van der Waals surface area (Å²) in [5, 5.41) is 2.98. The van der Waals surface area contributed by atoms with Gasteiger partial charge in [-0.1, -0.05) is 25.5 Å². The van der Waals surface area contributed by atoms with Gasteiger partial charge in [0.05, 0.1) is 18.8 Å². The van der Waals surface area contributed by atoms with Crippen molar-refractivity contribution in [3.05, 3.63) is 36.4 Å². The molecule has 0 aromatic heterocycles. The van der Waals surface area contributed by atoms with Crippen molar-refractivity contribution in [1.29, 1.82) is 0 Å². The van der Waals surface area contributed by atoms with Crippen LogP contribution in [0.3, 0.4) is 0 Å². The smallest absolute Gasteiger partial charge is 0.322 e. The molecule has 24 heavy (non-hydrogen) atoms. The van der Waals surface area contributed by atoms with Crippen LogP contribution in [-0.4, -0.2) is 42.8 Å². The summed E-state index contributed by atoms with van der Waals surface area (Å²) < 4.78 is 11.6. The quantitative estimate of drug-likeness (QED) is 0.854. The van der Waals surface area contributed by atoms with Gasteiger partial charge in [0, 0.05) is 18.3 Å². The topological polar surface area (TPSA) is 50.8 Å². The van der Waals surface area contributed by atoms with Gasteiger partial charge in [-0.2, -0.15) is 0 Å². The molecule has 1 heterocycles. The van der Waals surface area contributed by atoms with Gasteiger partial charge in [-0.05, 0) is 37.5 Å². The van der Waals surface area contributed by atoms with E-state index < -0.39 is 0 Å². The first-order valence-corrected chi connectivity index (χ1v) is 8.63. The monoisotopic (exact) mass is 330 g/mol. The van der Waals surface area contributed by atoms with Gasteiger partial charge in [-0.15, -0.1) is 0 Å². The van der Waals surface area contributed by atoms with Crippen LogP contribution in [0.2, 0.25) is 0 Å². The number of ether oxygens (including phenoxy) is 2. The number of carbonyl (C=O) groups is 1. The molecule has 5 nitrogen and oxygen atoms in total. The number of rotatable bonds is 4. The predicted molar refractivity (Wildman–Crippen MR) is 94.5 cm³/mol. The Morgan fingerprint density at radius 2 is 2.21 bits per heavy atom. The summed E-state index contributed by atoms with van der Waals surface area (Å²) in [6, 6.07) is 7.40. The van der Waals surface area contributed by atoms with Crippen LogP contribution in [0.4, 0.5) is 10.5 Å². The normalized spacial score (nSPS) is 19.3. The molecule has 0 radical (unpaired) electrons. The summed E-state index contributed by atoms with van der Waals surface area (Å²) in [7, 11) is 0. The number of carbonyl (C=O) groups excluding carboxylic acids is 1. The van der Waals surface area contributed by atoms with Gasteiger partial charge in [-0.25, -0.2) is 4.79 Å². The molecule has 1 N–H and O–H groups in total. The van der Waals surface area contributed by atoms with Crippen molar-refractivity contribution in [1.82, 2.24) is 4.90 Å². The van der Waals surface area contributed by atoms with Crippen molar-refractivity contribution in [3.63, 3.8) is 0 Å². The van der Waals surface area contributed by atoms with Crippen LogP contribution in [0, 0.1) is 0 Å². The van der Waals surface area contributed by atoms with Crippen LogP contribution in [-0.2, 0) is 4.74 Å². The first-order valence-electron chi connectivity index (χ1n) is 8.63. The average molecular weight is 330 g/mol. The lowest BCUT2D eigenvalue weighted by Crippen LogP contribution is -2.53. The van der Waals surface area contributed by atoms with E-state index in [0.717, 1.165) is 29.9 Å². The maximum atomic E-state index is 12.6. The molecule has 1 aromatic carbocycles. The lowest BCUT2D eigenvalue weighted by molar-refractivity contribution is -0.0914. The molecule has 5 heteroatoms. The molecular formula is C19H26N2O3. The lowest BCUT2D eigenvalue weighted by Gasteiger charge is -2.40. The van der Waals surface area contributed by atoms with E-state index in [1.54, 1.807) is 0 Å². The molecule has 1 aliphatic carbocycles. The highest BCUT2D eigenvalue weighted by Gasteiger charge is 2.40. The van der Waals surface area contributed by atoms with Crippen molar-refractivity contribution in [2.24, 2.45) is 0 Å². The molecule has 1 aliphatic heterocycles. The zero-order valence-corrected chi connectivity index (χ0v) is 14.3. The van der Waals surface area contributed by atoms with E-state index >= 15 is 0 Å². The summed E-state index contributed by atoms with van der Waals surface area (Å²) >= 11 is 0. The molecular weight excluding hydrogens is 304 g/mol. The third kappa shape index (κ3) is 4.09. The summed E-state index contributed by atoms with van der Waals surface area (Å²) in [6.45, 7) is 8.16. The minimum absolute atomic E-state index is 0.0679. The van der Waals surface area contributed by atoms with Gasteiger partial charge in [0.15, 0.2) is 0 Å². The van der Waals surface area contributed by atoms with Gasteiger partial charge >= 0.3 is 6.03 Å². The van der Waals surface area contributed by atoms with E-state index in [0.29, 0.717) is 26.3 Å². The number of hydrogen-bond donors (Lipinski definition) is 1. The maximum Gasteiger partial charge on any atom is 0.322 e. The first kappa shape index (κ1) is 16.8. The maximum absolute atomic E-state index is 12.6. The molecule has 0 atom stereocenters. The van der Waals surface area contributed by atoms with Gasteiger partial charge in [0.2, 0.25) is 0 Å². The van der Waals surface area contributed by atoms with Crippen molar-refractivity contribution in [2.75, 3.05) is 31.6 Å². The molecule has 3 rings (SSSR count). The second-order valence-corrected chi connectivity index (χ2v) is 6.86. The molecule has 2 fully saturated rings. The number of amides is 2. The number of nitrogens with one attached hydrogen (secondary N) is 1. The van der Waals surface area contributed by atoms with E-state index in [1.165, 1.54) is 12.8 Å². The molecule has 0 unspecified atom stereocenters. The molecule has 1 saturated carbocycles. The predicted octanol–water partition coefficient (Wildman–Crippen LogP) is 3.82. The van der Waals surface area contributed by atoms with E-state index in [2.05, 4.69) is 11.9 Å². The molecule has 1 saturated heterocycles. The van der Waals surface area contributed by atoms with Crippen molar-refractivity contribution in [2.45, 2.75) is 38.2 Å². The number of urea groups is 1. The molecule has 0 bridgehead atoms. The Labute approximate surface area is 143 Å². The van der Waals surface area contributed by atoms with Crippen LogP contribution >= 0.6 is 0 Å². The van der Waals surface area contributed by atoms with Crippen LogP contribution < -0.4 is 10.1 Å². The number of anilines is 1. The fraction of sp³-hybridized carbons (Fsp3) is 0.526. The standard InChI is InChI=1S/C19H26N2O3/c1-15(2)13-23-17-7-5-6-16(12-17)20-18(22)21-10-11-24-19(14-21)8-3-4-9-19/h5-7,12H,1,3-4,8-11,13-14H2,2H3,(H,20,22). The van der Waals surface area contributed by atoms with Crippen molar-refractivity contribution in [3.8, 4) is 5.75 Å². The second-order valence-electron chi connectivity index (χ2n) is 6.86.